The SMILES string of the molecule is Cc1nc(NN)c(C)c(NCCCCCO)n1. The van der Waals surface area contributed by atoms with Gasteiger partial charge in [-0.1, -0.05) is 0 Å². The Kier molecular flexibility index (Phi) is 5.65. The van der Waals surface area contributed by atoms with Crippen molar-refractivity contribution < 1.29 is 5.11 Å². The Morgan fingerprint density at radius 2 is 1.82 bits per heavy atom. The molecular weight excluding hydrogens is 218 g/mol. The van der Waals surface area contributed by atoms with Gasteiger partial charge in [0.15, 0.2) is 0 Å². The first kappa shape index (κ1) is 13.7. The van der Waals surface area contributed by atoms with Gasteiger partial charge in [0.1, 0.15) is 17.5 Å². The molecule has 0 bridgehead atoms. The predicted octanol–water partition coefficient (Wildman–Crippen LogP) is 0.954. The summed E-state index contributed by atoms with van der Waals surface area (Å²) in [6.45, 7) is 4.84. The van der Waals surface area contributed by atoms with E-state index in [-0.39, 0.29) is 6.61 Å². The maximum Gasteiger partial charge on any atom is 0.148 e. The van der Waals surface area contributed by atoms with E-state index in [1.54, 1.807) is 0 Å². The molecule has 0 atom stereocenters. The van der Waals surface area contributed by atoms with Crippen molar-refractivity contribution in [2.45, 2.75) is 33.1 Å². The van der Waals surface area contributed by atoms with Crippen LogP contribution in [-0.2, 0) is 0 Å². The van der Waals surface area contributed by atoms with Crippen LogP contribution in [0, 0.1) is 13.8 Å². The fraction of sp³-hybridized carbons (Fsp3) is 0.636. The van der Waals surface area contributed by atoms with E-state index in [2.05, 4.69) is 20.7 Å². The van der Waals surface area contributed by atoms with Gasteiger partial charge in [-0.15, -0.1) is 0 Å². The number of aromatic nitrogens is 2. The lowest BCUT2D eigenvalue weighted by Crippen LogP contribution is -2.14. The molecule has 0 spiro atoms. The number of rotatable bonds is 7. The average molecular weight is 239 g/mol. The Morgan fingerprint density at radius 1 is 1.12 bits per heavy atom. The number of hydrogen-bond donors (Lipinski definition) is 4. The van der Waals surface area contributed by atoms with Crippen molar-refractivity contribution in [2.75, 3.05) is 23.9 Å². The highest BCUT2D eigenvalue weighted by Crippen LogP contribution is 2.18. The summed E-state index contributed by atoms with van der Waals surface area (Å²) in [6.07, 6.45) is 2.86. The lowest BCUT2D eigenvalue weighted by molar-refractivity contribution is 0.283. The molecule has 0 amide bonds. The molecule has 1 aromatic heterocycles. The van der Waals surface area contributed by atoms with Crippen LogP contribution in [-0.4, -0.2) is 28.2 Å². The van der Waals surface area contributed by atoms with Crippen LogP contribution < -0.4 is 16.6 Å². The van der Waals surface area contributed by atoms with Gasteiger partial charge in [0.05, 0.1) is 0 Å². The molecule has 5 N–H and O–H groups in total. The van der Waals surface area contributed by atoms with Gasteiger partial charge in [0, 0.05) is 18.7 Å². The molecule has 0 aliphatic rings. The van der Waals surface area contributed by atoms with Crippen molar-refractivity contribution in [3.05, 3.63) is 11.4 Å². The summed E-state index contributed by atoms with van der Waals surface area (Å²) in [5, 5.41) is 11.9. The van der Waals surface area contributed by atoms with Crippen molar-refractivity contribution in [1.29, 1.82) is 0 Å². The quantitative estimate of drug-likeness (QED) is 0.321. The van der Waals surface area contributed by atoms with Crippen molar-refractivity contribution in [2.24, 2.45) is 5.84 Å². The minimum atomic E-state index is 0.257. The fourth-order valence-corrected chi connectivity index (χ4v) is 1.56. The number of anilines is 2. The number of aryl methyl sites for hydroxylation is 1. The van der Waals surface area contributed by atoms with E-state index < -0.39 is 0 Å². The first-order chi connectivity index (χ1) is 8.19. The van der Waals surface area contributed by atoms with Crippen molar-refractivity contribution in [3.8, 4) is 0 Å². The molecular formula is C11H21N5O. The maximum absolute atomic E-state index is 8.67. The first-order valence-electron chi connectivity index (χ1n) is 5.85. The summed E-state index contributed by atoms with van der Waals surface area (Å²) in [5.74, 6) is 7.53. The van der Waals surface area contributed by atoms with E-state index in [1.165, 1.54) is 0 Å². The number of hydrogen-bond acceptors (Lipinski definition) is 6. The summed E-state index contributed by atoms with van der Waals surface area (Å²) < 4.78 is 0. The van der Waals surface area contributed by atoms with Crippen LogP contribution in [0.3, 0.4) is 0 Å². The van der Waals surface area contributed by atoms with Gasteiger partial charge in [-0.2, -0.15) is 0 Å². The summed E-state index contributed by atoms with van der Waals surface area (Å²) in [7, 11) is 0. The van der Waals surface area contributed by atoms with E-state index in [0.29, 0.717) is 11.6 Å². The third kappa shape index (κ3) is 4.16. The number of hydrazine groups is 1. The van der Waals surface area contributed by atoms with Gasteiger partial charge >= 0.3 is 0 Å². The van der Waals surface area contributed by atoms with Crippen LogP contribution in [0.5, 0.6) is 0 Å². The average Bonchev–Trinajstić information content (AvgIpc) is 2.32. The topological polar surface area (TPSA) is 96.1 Å². The molecule has 0 saturated carbocycles. The third-order valence-corrected chi connectivity index (χ3v) is 2.52. The molecule has 0 unspecified atom stereocenters. The second kappa shape index (κ2) is 7.03. The van der Waals surface area contributed by atoms with Gasteiger partial charge in [0.2, 0.25) is 0 Å². The van der Waals surface area contributed by atoms with Crippen LogP contribution >= 0.6 is 0 Å². The standard InChI is InChI=1S/C11H21N5O/c1-8-10(13-6-4-3-5-7-17)14-9(2)15-11(8)16-12/h17H,3-7,12H2,1-2H3,(H2,13,14,15,16). The van der Waals surface area contributed by atoms with E-state index >= 15 is 0 Å². The molecule has 1 heterocycles. The highest BCUT2D eigenvalue weighted by Gasteiger charge is 2.07. The number of nitrogens with one attached hydrogen (secondary N) is 2. The molecule has 0 fully saturated rings. The van der Waals surface area contributed by atoms with Crippen molar-refractivity contribution in [1.82, 2.24) is 9.97 Å². The summed E-state index contributed by atoms with van der Waals surface area (Å²) in [6, 6.07) is 0. The van der Waals surface area contributed by atoms with Gasteiger partial charge in [-0.25, -0.2) is 15.8 Å². The number of aliphatic hydroxyl groups is 1. The molecule has 0 aromatic carbocycles. The predicted molar refractivity (Wildman–Crippen MR) is 68.7 cm³/mol. The Balaban J connectivity index is 2.55. The number of nitrogens with zero attached hydrogens (tertiary/aromatic N) is 2. The molecule has 0 radical (unpaired) electrons. The van der Waals surface area contributed by atoms with Crippen LogP contribution in [0.2, 0.25) is 0 Å². The molecule has 6 heteroatoms. The Labute approximate surface area is 102 Å². The highest BCUT2D eigenvalue weighted by atomic mass is 16.2. The Bertz CT molecular complexity index is 356. The normalized spacial score (nSPS) is 10.4. The third-order valence-electron chi connectivity index (χ3n) is 2.52. The van der Waals surface area contributed by atoms with Crippen LogP contribution in [0.1, 0.15) is 30.7 Å². The number of nitrogens with two attached hydrogens (primary N) is 1. The zero-order valence-corrected chi connectivity index (χ0v) is 10.5. The molecule has 0 saturated heterocycles. The summed E-state index contributed by atoms with van der Waals surface area (Å²) in [5.41, 5.74) is 3.48. The number of aliphatic hydroxyl groups excluding tert-OH is 1. The monoisotopic (exact) mass is 239 g/mol. The van der Waals surface area contributed by atoms with E-state index in [1.807, 2.05) is 13.8 Å². The second-order valence-corrected chi connectivity index (χ2v) is 3.95. The highest BCUT2D eigenvalue weighted by molar-refractivity contribution is 5.56. The zero-order valence-electron chi connectivity index (χ0n) is 10.5. The van der Waals surface area contributed by atoms with Gasteiger partial charge in [-0.3, -0.25) is 0 Å². The van der Waals surface area contributed by atoms with E-state index in [4.69, 9.17) is 10.9 Å². The Morgan fingerprint density at radius 3 is 2.47 bits per heavy atom. The van der Waals surface area contributed by atoms with E-state index in [9.17, 15) is 0 Å². The van der Waals surface area contributed by atoms with Gasteiger partial charge in [-0.05, 0) is 33.1 Å². The minimum absolute atomic E-state index is 0.257. The van der Waals surface area contributed by atoms with Gasteiger partial charge < -0.3 is 15.8 Å². The summed E-state index contributed by atoms with van der Waals surface area (Å²) >= 11 is 0. The van der Waals surface area contributed by atoms with Crippen LogP contribution in [0.25, 0.3) is 0 Å². The fourth-order valence-electron chi connectivity index (χ4n) is 1.56. The zero-order chi connectivity index (χ0) is 12.7. The molecule has 96 valence electrons. The molecule has 17 heavy (non-hydrogen) atoms. The first-order valence-corrected chi connectivity index (χ1v) is 5.85. The number of unbranched alkanes of at least 4 members (excludes halogenated alkanes) is 2. The van der Waals surface area contributed by atoms with Crippen molar-refractivity contribution >= 4 is 11.6 Å². The molecule has 0 aliphatic carbocycles. The Hall–Kier alpha value is -1.40. The molecule has 6 nitrogen and oxygen atoms in total. The molecule has 1 aromatic rings. The molecule has 0 aliphatic heterocycles. The van der Waals surface area contributed by atoms with Gasteiger partial charge in [0.25, 0.3) is 0 Å². The lowest BCUT2D eigenvalue weighted by atomic mass is 10.2. The maximum atomic E-state index is 8.67. The van der Waals surface area contributed by atoms with Crippen LogP contribution in [0.4, 0.5) is 11.6 Å². The largest absolute Gasteiger partial charge is 0.396 e. The number of nitrogen functional groups attached to an aromatic ring is 1. The smallest absolute Gasteiger partial charge is 0.148 e. The lowest BCUT2D eigenvalue weighted by Gasteiger charge is -2.12. The minimum Gasteiger partial charge on any atom is -0.396 e. The van der Waals surface area contributed by atoms with E-state index in [0.717, 1.165) is 37.2 Å². The molecule has 1 rings (SSSR count). The summed E-state index contributed by atoms with van der Waals surface area (Å²) in [4.78, 5) is 8.52. The van der Waals surface area contributed by atoms with Crippen LogP contribution in [0.15, 0.2) is 0 Å². The van der Waals surface area contributed by atoms with Crippen molar-refractivity contribution in [3.63, 3.8) is 0 Å². The second-order valence-electron chi connectivity index (χ2n) is 3.95.